The van der Waals surface area contributed by atoms with Crippen LogP contribution in [0.5, 0.6) is 0 Å². The van der Waals surface area contributed by atoms with Gasteiger partial charge in [0.1, 0.15) is 0 Å². The third-order valence-corrected chi connectivity index (χ3v) is 3.00. The van der Waals surface area contributed by atoms with Gasteiger partial charge in [0.2, 0.25) is 0 Å². The number of rotatable bonds is 3. The van der Waals surface area contributed by atoms with Crippen LogP contribution >= 0.6 is 11.6 Å². The van der Waals surface area contributed by atoms with E-state index >= 15 is 0 Å². The second kappa shape index (κ2) is 4.68. The van der Waals surface area contributed by atoms with Crippen LogP contribution in [0.2, 0.25) is 5.02 Å². The average molecular weight is 236 g/mol. The number of aryl methyl sites for hydroxylation is 1. The van der Waals surface area contributed by atoms with E-state index in [9.17, 15) is 0 Å². The van der Waals surface area contributed by atoms with Gasteiger partial charge in [-0.1, -0.05) is 29.8 Å². The zero-order chi connectivity index (χ0) is 11.5. The first kappa shape index (κ1) is 11.2. The molecule has 2 aromatic rings. The van der Waals surface area contributed by atoms with E-state index in [1.807, 2.05) is 49.1 Å². The highest BCUT2D eigenvalue weighted by atomic mass is 35.5. The molecule has 0 amide bonds. The van der Waals surface area contributed by atoms with Crippen LogP contribution in [0.25, 0.3) is 0 Å². The largest absolute Gasteiger partial charge is 0.308 e. The lowest BCUT2D eigenvalue weighted by Gasteiger charge is -2.18. The molecule has 1 aromatic heterocycles. The third-order valence-electron chi connectivity index (χ3n) is 2.66. The number of nitrogens with zero attached hydrogens (tertiary/aromatic N) is 2. The topological polar surface area (TPSA) is 29.9 Å². The van der Waals surface area contributed by atoms with Crippen molar-refractivity contribution in [3.8, 4) is 0 Å². The molecule has 0 aliphatic rings. The quantitative estimate of drug-likeness (QED) is 0.886. The number of hydrogen-bond acceptors (Lipinski definition) is 2. The van der Waals surface area contributed by atoms with Crippen LogP contribution in [0.15, 0.2) is 36.5 Å². The van der Waals surface area contributed by atoms with Crippen LogP contribution in [-0.4, -0.2) is 16.8 Å². The lowest BCUT2D eigenvalue weighted by atomic mass is 10.0. The fraction of sp³-hybridized carbons (Fsp3) is 0.250. The number of halogens is 1. The Labute approximate surface area is 100 Å². The Morgan fingerprint density at radius 2 is 2.06 bits per heavy atom. The fourth-order valence-electron chi connectivity index (χ4n) is 1.84. The summed E-state index contributed by atoms with van der Waals surface area (Å²) in [5.74, 6) is 0. The minimum atomic E-state index is 0.0706. The number of benzene rings is 1. The predicted molar refractivity (Wildman–Crippen MR) is 65.6 cm³/mol. The lowest BCUT2D eigenvalue weighted by Crippen LogP contribution is -2.20. The highest BCUT2D eigenvalue weighted by molar-refractivity contribution is 6.31. The standard InChI is InChI=1S/C12H14ClN3/c1-14-12(11-7-8-15-16(11)2)9-5-3-4-6-10(9)13/h3-8,12,14H,1-2H3. The Hall–Kier alpha value is -1.32. The van der Waals surface area contributed by atoms with E-state index in [-0.39, 0.29) is 6.04 Å². The summed E-state index contributed by atoms with van der Waals surface area (Å²) in [7, 11) is 3.84. The van der Waals surface area contributed by atoms with Gasteiger partial charge >= 0.3 is 0 Å². The summed E-state index contributed by atoms with van der Waals surface area (Å²) in [5, 5.41) is 8.20. The van der Waals surface area contributed by atoms with E-state index in [1.54, 1.807) is 6.20 Å². The lowest BCUT2D eigenvalue weighted by molar-refractivity contribution is 0.606. The Kier molecular flexibility index (Phi) is 3.27. The van der Waals surface area contributed by atoms with Gasteiger partial charge in [-0.15, -0.1) is 0 Å². The molecule has 0 aliphatic heterocycles. The van der Waals surface area contributed by atoms with Crippen molar-refractivity contribution < 1.29 is 0 Å². The molecule has 1 heterocycles. The summed E-state index contributed by atoms with van der Waals surface area (Å²) < 4.78 is 1.85. The van der Waals surface area contributed by atoms with Gasteiger partial charge in [0.05, 0.1) is 11.7 Å². The summed E-state index contributed by atoms with van der Waals surface area (Å²) in [6, 6.07) is 9.91. The Morgan fingerprint density at radius 3 is 2.62 bits per heavy atom. The van der Waals surface area contributed by atoms with Gasteiger partial charge in [-0.05, 0) is 24.7 Å². The molecule has 1 unspecified atom stereocenters. The molecule has 0 saturated heterocycles. The molecule has 0 aliphatic carbocycles. The van der Waals surface area contributed by atoms with Gasteiger partial charge in [0.25, 0.3) is 0 Å². The van der Waals surface area contributed by atoms with E-state index in [0.29, 0.717) is 0 Å². The van der Waals surface area contributed by atoms with Crippen molar-refractivity contribution in [2.24, 2.45) is 7.05 Å². The molecule has 0 saturated carbocycles. The average Bonchev–Trinajstić information content (AvgIpc) is 2.69. The minimum absolute atomic E-state index is 0.0706. The third kappa shape index (κ3) is 1.96. The van der Waals surface area contributed by atoms with Crippen molar-refractivity contribution in [3.05, 3.63) is 52.8 Å². The van der Waals surface area contributed by atoms with E-state index in [0.717, 1.165) is 16.3 Å². The maximum Gasteiger partial charge on any atom is 0.0760 e. The number of nitrogens with one attached hydrogen (secondary N) is 1. The fourth-order valence-corrected chi connectivity index (χ4v) is 2.08. The van der Waals surface area contributed by atoms with Crippen molar-refractivity contribution in [2.45, 2.75) is 6.04 Å². The monoisotopic (exact) mass is 235 g/mol. The predicted octanol–water partition coefficient (Wildman–Crippen LogP) is 2.38. The van der Waals surface area contributed by atoms with Crippen LogP contribution in [-0.2, 0) is 7.05 Å². The minimum Gasteiger partial charge on any atom is -0.308 e. The van der Waals surface area contributed by atoms with Crippen molar-refractivity contribution in [1.29, 1.82) is 0 Å². The molecule has 3 nitrogen and oxygen atoms in total. The molecule has 0 radical (unpaired) electrons. The maximum absolute atomic E-state index is 6.20. The molecule has 1 atom stereocenters. The summed E-state index contributed by atoms with van der Waals surface area (Å²) in [6.07, 6.45) is 1.79. The van der Waals surface area contributed by atoms with E-state index < -0.39 is 0 Å². The number of hydrogen-bond donors (Lipinski definition) is 1. The molecule has 4 heteroatoms. The van der Waals surface area contributed by atoms with Crippen LogP contribution in [0, 0.1) is 0 Å². The first-order chi connectivity index (χ1) is 7.74. The molecule has 0 spiro atoms. The first-order valence-electron chi connectivity index (χ1n) is 5.13. The van der Waals surface area contributed by atoms with Gasteiger partial charge in [-0.3, -0.25) is 4.68 Å². The van der Waals surface area contributed by atoms with Crippen LogP contribution < -0.4 is 5.32 Å². The van der Waals surface area contributed by atoms with Crippen molar-refractivity contribution in [2.75, 3.05) is 7.05 Å². The molecule has 0 bridgehead atoms. The van der Waals surface area contributed by atoms with Crippen molar-refractivity contribution in [3.63, 3.8) is 0 Å². The van der Waals surface area contributed by atoms with Crippen LogP contribution in [0.3, 0.4) is 0 Å². The summed E-state index contributed by atoms with van der Waals surface area (Å²) in [4.78, 5) is 0. The van der Waals surface area contributed by atoms with Crippen LogP contribution in [0.4, 0.5) is 0 Å². The zero-order valence-corrected chi connectivity index (χ0v) is 10.1. The molecule has 84 valence electrons. The second-order valence-electron chi connectivity index (χ2n) is 3.62. The molecular formula is C12H14ClN3. The molecule has 1 aromatic carbocycles. The van der Waals surface area contributed by atoms with E-state index in [2.05, 4.69) is 10.4 Å². The van der Waals surface area contributed by atoms with E-state index in [1.165, 1.54) is 0 Å². The number of aromatic nitrogens is 2. The summed E-state index contributed by atoms with van der Waals surface area (Å²) in [5.41, 5.74) is 2.16. The van der Waals surface area contributed by atoms with Crippen molar-refractivity contribution >= 4 is 11.6 Å². The Bertz CT molecular complexity index is 479. The molecule has 16 heavy (non-hydrogen) atoms. The van der Waals surface area contributed by atoms with Gasteiger partial charge < -0.3 is 5.32 Å². The van der Waals surface area contributed by atoms with Gasteiger partial charge in [0, 0.05) is 18.3 Å². The summed E-state index contributed by atoms with van der Waals surface area (Å²) >= 11 is 6.20. The van der Waals surface area contributed by atoms with Gasteiger partial charge in [-0.2, -0.15) is 5.10 Å². The molecule has 0 fully saturated rings. The normalized spacial score (nSPS) is 12.7. The highest BCUT2D eigenvalue weighted by Gasteiger charge is 2.17. The smallest absolute Gasteiger partial charge is 0.0760 e. The van der Waals surface area contributed by atoms with Gasteiger partial charge in [0.15, 0.2) is 0 Å². The maximum atomic E-state index is 6.20. The highest BCUT2D eigenvalue weighted by Crippen LogP contribution is 2.27. The summed E-state index contributed by atoms with van der Waals surface area (Å²) in [6.45, 7) is 0. The zero-order valence-electron chi connectivity index (χ0n) is 9.31. The Balaban J connectivity index is 2.45. The van der Waals surface area contributed by atoms with E-state index in [4.69, 9.17) is 11.6 Å². The van der Waals surface area contributed by atoms with Gasteiger partial charge in [-0.25, -0.2) is 0 Å². The SMILES string of the molecule is CNC(c1ccccc1Cl)c1ccnn1C. The Morgan fingerprint density at radius 1 is 1.31 bits per heavy atom. The molecule has 1 N–H and O–H groups in total. The molecular weight excluding hydrogens is 222 g/mol. The second-order valence-corrected chi connectivity index (χ2v) is 4.03. The molecule has 2 rings (SSSR count). The van der Waals surface area contributed by atoms with Crippen molar-refractivity contribution in [1.82, 2.24) is 15.1 Å². The van der Waals surface area contributed by atoms with Crippen LogP contribution in [0.1, 0.15) is 17.3 Å². The first-order valence-corrected chi connectivity index (χ1v) is 5.51.